The fourth-order valence-electron chi connectivity index (χ4n) is 2.74. The van der Waals surface area contributed by atoms with E-state index in [4.69, 9.17) is 14.2 Å². The molecule has 0 spiro atoms. The van der Waals surface area contributed by atoms with Crippen LogP contribution in [-0.2, 0) is 11.3 Å². The summed E-state index contributed by atoms with van der Waals surface area (Å²) < 4.78 is 16.2. The molecule has 1 heterocycles. The van der Waals surface area contributed by atoms with Gasteiger partial charge in [0.05, 0.1) is 6.10 Å². The molecule has 0 saturated heterocycles. The highest BCUT2D eigenvalue weighted by Crippen LogP contribution is 2.32. The van der Waals surface area contributed by atoms with Gasteiger partial charge in [0.25, 0.3) is 0 Å². The summed E-state index contributed by atoms with van der Waals surface area (Å²) in [7, 11) is 1.80. The van der Waals surface area contributed by atoms with Crippen LogP contribution in [-0.4, -0.2) is 26.0 Å². The van der Waals surface area contributed by atoms with Crippen molar-refractivity contribution in [1.29, 1.82) is 0 Å². The maximum absolute atomic E-state index is 5.48. The second-order valence-electron chi connectivity index (χ2n) is 4.88. The molecule has 2 aliphatic rings. The minimum Gasteiger partial charge on any atom is -0.454 e. The minimum atomic E-state index is 0.334. The first kappa shape index (κ1) is 11.8. The van der Waals surface area contributed by atoms with Crippen molar-refractivity contribution in [3.05, 3.63) is 23.8 Å². The highest BCUT2D eigenvalue weighted by atomic mass is 16.7. The quantitative estimate of drug-likeness (QED) is 0.886. The molecule has 0 radical (unpaired) electrons. The lowest BCUT2D eigenvalue weighted by Crippen LogP contribution is -2.36. The molecule has 1 saturated carbocycles. The Morgan fingerprint density at radius 1 is 1.28 bits per heavy atom. The molecular formula is C14H19NO3. The summed E-state index contributed by atoms with van der Waals surface area (Å²) in [5.74, 6) is 1.69. The lowest BCUT2D eigenvalue weighted by atomic mass is 10.1. The Labute approximate surface area is 107 Å². The monoisotopic (exact) mass is 249 g/mol. The molecule has 1 N–H and O–H groups in total. The number of rotatable bonds is 4. The maximum Gasteiger partial charge on any atom is 0.231 e. The zero-order valence-electron chi connectivity index (χ0n) is 10.6. The first-order valence-corrected chi connectivity index (χ1v) is 6.51. The maximum atomic E-state index is 5.48. The van der Waals surface area contributed by atoms with Crippen LogP contribution in [0.3, 0.4) is 0 Å². The van der Waals surface area contributed by atoms with Crippen LogP contribution in [0.15, 0.2) is 18.2 Å². The largest absolute Gasteiger partial charge is 0.454 e. The number of ether oxygens (including phenoxy) is 3. The molecule has 1 aromatic carbocycles. The summed E-state index contributed by atoms with van der Waals surface area (Å²) in [6.07, 6.45) is 3.97. The van der Waals surface area contributed by atoms with Gasteiger partial charge < -0.3 is 19.5 Å². The van der Waals surface area contributed by atoms with Gasteiger partial charge in [-0.15, -0.1) is 0 Å². The predicted molar refractivity (Wildman–Crippen MR) is 67.8 cm³/mol. The molecule has 2 unspecified atom stereocenters. The molecule has 18 heavy (non-hydrogen) atoms. The fraction of sp³-hybridized carbons (Fsp3) is 0.571. The van der Waals surface area contributed by atoms with E-state index in [1.54, 1.807) is 7.11 Å². The van der Waals surface area contributed by atoms with Crippen molar-refractivity contribution in [3.63, 3.8) is 0 Å². The van der Waals surface area contributed by atoms with Crippen LogP contribution >= 0.6 is 0 Å². The Bertz CT molecular complexity index is 422. The third-order valence-electron chi connectivity index (χ3n) is 3.76. The van der Waals surface area contributed by atoms with Crippen molar-refractivity contribution in [2.75, 3.05) is 13.9 Å². The van der Waals surface area contributed by atoms with E-state index in [2.05, 4.69) is 11.4 Å². The van der Waals surface area contributed by atoms with Gasteiger partial charge in [-0.1, -0.05) is 6.07 Å². The first-order valence-electron chi connectivity index (χ1n) is 6.51. The number of hydrogen-bond acceptors (Lipinski definition) is 4. The van der Waals surface area contributed by atoms with Crippen molar-refractivity contribution in [2.45, 2.75) is 38.0 Å². The van der Waals surface area contributed by atoms with Gasteiger partial charge in [0.1, 0.15) is 0 Å². The van der Waals surface area contributed by atoms with Crippen molar-refractivity contribution < 1.29 is 14.2 Å². The van der Waals surface area contributed by atoms with E-state index in [1.165, 1.54) is 18.4 Å². The van der Waals surface area contributed by atoms with E-state index in [0.29, 0.717) is 18.9 Å². The molecule has 4 heteroatoms. The van der Waals surface area contributed by atoms with Gasteiger partial charge in [0.2, 0.25) is 6.79 Å². The Hall–Kier alpha value is -1.26. The van der Waals surface area contributed by atoms with Gasteiger partial charge in [-0.2, -0.15) is 0 Å². The minimum absolute atomic E-state index is 0.334. The van der Waals surface area contributed by atoms with E-state index in [9.17, 15) is 0 Å². The predicted octanol–water partition coefficient (Wildman–Crippen LogP) is 2.07. The van der Waals surface area contributed by atoms with Crippen LogP contribution in [0.25, 0.3) is 0 Å². The van der Waals surface area contributed by atoms with Gasteiger partial charge in [-0.3, -0.25) is 0 Å². The van der Waals surface area contributed by atoms with E-state index in [-0.39, 0.29) is 0 Å². The van der Waals surface area contributed by atoms with Crippen LogP contribution in [0.4, 0.5) is 0 Å². The van der Waals surface area contributed by atoms with E-state index in [0.717, 1.165) is 24.5 Å². The Balaban J connectivity index is 1.60. The number of methoxy groups -OCH3 is 1. The summed E-state index contributed by atoms with van der Waals surface area (Å²) in [5, 5.41) is 3.57. The van der Waals surface area contributed by atoms with Crippen molar-refractivity contribution in [2.24, 2.45) is 0 Å². The average molecular weight is 249 g/mol. The van der Waals surface area contributed by atoms with Crippen LogP contribution in [0.5, 0.6) is 11.5 Å². The zero-order valence-corrected chi connectivity index (χ0v) is 10.6. The average Bonchev–Trinajstić information content (AvgIpc) is 3.04. The molecule has 0 amide bonds. The zero-order chi connectivity index (χ0) is 12.4. The van der Waals surface area contributed by atoms with Crippen LogP contribution < -0.4 is 14.8 Å². The van der Waals surface area contributed by atoms with Gasteiger partial charge >= 0.3 is 0 Å². The molecule has 0 aromatic heterocycles. The third-order valence-corrected chi connectivity index (χ3v) is 3.76. The molecule has 4 nitrogen and oxygen atoms in total. The summed E-state index contributed by atoms with van der Waals surface area (Å²) in [6.45, 7) is 1.18. The smallest absolute Gasteiger partial charge is 0.231 e. The molecule has 1 aromatic rings. The summed E-state index contributed by atoms with van der Waals surface area (Å²) in [5.41, 5.74) is 1.22. The summed E-state index contributed by atoms with van der Waals surface area (Å²) >= 11 is 0. The normalized spacial score (nSPS) is 25.6. The highest BCUT2D eigenvalue weighted by molar-refractivity contribution is 5.44. The molecule has 2 atom stereocenters. The number of benzene rings is 1. The molecule has 1 fully saturated rings. The Kier molecular flexibility index (Phi) is 3.39. The highest BCUT2D eigenvalue weighted by Gasteiger charge is 2.26. The number of fused-ring (bicyclic) bond motifs is 1. The molecule has 1 aliphatic heterocycles. The summed E-state index contributed by atoms with van der Waals surface area (Å²) in [4.78, 5) is 0. The van der Waals surface area contributed by atoms with Crippen molar-refractivity contribution in [3.8, 4) is 11.5 Å². The third kappa shape index (κ3) is 2.31. The lowest BCUT2D eigenvalue weighted by molar-refractivity contribution is 0.0847. The summed E-state index contributed by atoms with van der Waals surface area (Å²) in [6, 6.07) is 6.57. The van der Waals surface area contributed by atoms with E-state index >= 15 is 0 Å². The van der Waals surface area contributed by atoms with E-state index in [1.807, 2.05) is 12.1 Å². The molecule has 0 bridgehead atoms. The SMILES string of the molecule is COC1CCCC1NCc1ccc2c(c1)OCO2. The lowest BCUT2D eigenvalue weighted by Gasteiger charge is -2.19. The van der Waals surface area contributed by atoms with Crippen LogP contribution in [0.2, 0.25) is 0 Å². The molecule has 1 aliphatic carbocycles. The topological polar surface area (TPSA) is 39.7 Å². The van der Waals surface area contributed by atoms with Gasteiger partial charge in [0, 0.05) is 19.7 Å². The van der Waals surface area contributed by atoms with Crippen LogP contribution in [0.1, 0.15) is 24.8 Å². The Morgan fingerprint density at radius 2 is 2.17 bits per heavy atom. The number of nitrogens with one attached hydrogen (secondary N) is 1. The fourth-order valence-corrected chi connectivity index (χ4v) is 2.74. The van der Waals surface area contributed by atoms with Crippen molar-refractivity contribution >= 4 is 0 Å². The van der Waals surface area contributed by atoms with Gasteiger partial charge in [0.15, 0.2) is 11.5 Å². The van der Waals surface area contributed by atoms with Crippen molar-refractivity contribution in [1.82, 2.24) is 5.32 Å². The molecule has 3 rings (SSSR count). The molecule has 98 valence electrons. The second-order valence-corrected chi connectivity index (χ2v) is 4.88. The van der Waals surface area contributed by atoms with Crippen LogP contribution in [0, 0.1) is 0 Å². The number of hydrogen-bond donors (Lipinski definition) is 1. The first-order chi connectivity index (χ1) is 8.86. The van der Waals surface area contributed by atoms with Gasteiger partial charge in [-0.05, 0) is 37.0 Å². The Morgan fingerprint density at radius 3 is 3.06 bits per heavy atom. The standard InChI is InChI=1S/C14H19NO3/c1-16-12-4-2-3-11(12)15-8-10-5-6-13-14(7-10)18-9-17-13/h5-7,11-12,15H,2-4,8-9H2,1H3. The van der Waals surface area contributed by atoms with E-state index < -0.39 is 0 Å². The van der Waals surface area contributed by atoms with Gasteiger partial charge in [-0.25, -0.2) is 0 Å². The second kappa shape index (κ2) is 5.16. The molecular weight excluding hydrogens is 230 g/mol.